The second kappa shape index (κ2) is 6.03. The lowest BCUT2D eigenvalue weighted by Gasteiger charge is -2.29. The van der Waals surface area contributed by atoms with Gasteiger partial charge in [-0.25, -0.2) is 0 Å². The zero-order valence-electron chi connectivity index (χ0n) is 11.0. The van der Waals surface area contributed by atoms with Crippen LogP contribution in [-0.4, -0.2) is 5.11 Å². The van der Waals surface area contributed by atoms with Gasteiger partial charge in [-0.05, 0) is 55.9 Å². The summed E-state index contributed by atoms with van der Waals surface area (Å²) in [5.74, 6) is 0. The molecule has 1 aromatic rings. The van der Waals surface area contributed by atoms with Gasteiger partial charge in [-0.1, -0.05) is 47.0 Å². The van der Waals surface area contributed by atoms with Crippen molar-refractivity contribution in [1.29, 1.82) is 0 Å². The van der Waals surface area contributed by atoms with Gasteiger partial charge in [0.2, 0.25) is 0 Å². The van der Waals surface area contributed by atoms with Gasteiger partial charge in [-0.15, -0.1) is 0 Å². The Morgan fingerprint density at radius 3 is 2.72 bits per heavy atom. The van der Waals surface area contributed by atoms with Gasteiger partial charge in [0.25, 0.3) is 0 Å². The van der Waals surface area contributed by atoms with Gasteiger partial charge in [0, 0.05) is 4.47 Å². The van der Waals surface area contributed by atoms with Crippen molar-refractivity contribution in [1.82, 2.24) is 0 Å². The molecule has 2 rings (SSSR count). The molecule has 1 atom stereocenters. The van der Waals surface area contributed by atoms with Crippen LogP contribution in [-0.2, 0) is 5.60 Å². The first-order valence-electron chi connectivity index (χ1n) is 6.78. The molecule has 0 saturated carbocycles. The first-order valence-corrected chi connectivity index (χ1v) is 7.58. The lowest BCUT2D eigenvalue weighted by Crippen LogP contribution is -2.24. The maximum absolute atomic E-state index is 10.9. The number of hydrogen-bond acceptors (Lipinski definition) is 1. The molecule has 0 aromatic heterocycles. The van der Waals surface area contributed by atoms with E-state index in [0.29, 0.717) is 0 Å². The monoisotopic (exact) mass is 308 g/mol. The van der Waals surface area contributed by atoms with Crippen molar-refractivity contribution in [3.63, 3.8) is 0 Å². The fraction of sp³-hybridized carbons (Fsp3) is 0.500. The maximum atomic E-state index is 10.9. The minimum Gasteiger partial charge on any atom is -0.381 e. The third kappa shape index (κ3) is 3.24. The van der Waals surface area contributed by atoms with E-state index in [1.54, 1.807) is 0 Å². The first kappa shape index (κ1) is 13.8. The van der Waals surface area contributed by atoms with E-state index >= 15 is 0 Å². The van der Waals surface area contributed by atoms with Gasteiger partial charge in [-0.2, -0.15) is 0 Å². The summed E-state index contributed by atoms with van der Waals surface area (Å²) in [7, 11) is 0. The Bertz CT molecular complexity index is 434. The van der Waals surface area contributed by atoms with Crippen LogP contribution in [0.2, 0.25) is 0 Å². The minimum atomic E-state index is -0.832. The summed E-state index contributed by atoms with van der Waals surface area (Å²) < 4.78 is 1.02. The number of allylic oxidation sites excluding steroid dienone is 1. The SMILES string of the molecule is CC(O)(/C1=C/CCCCCC1)c1cccc(Br)c1. The predicted octanol–water partition coefficient (Wildman–Crippen LogP) is 4.94. The molecule has 1 aromatic carbocycles. The van der Waals surface area contributed by atoms with Crippen LogP contribution < -0.4 is 0 Å². The molecule has 2 heteroatoms. The average Bonchev–Trinajstić information content (AvgIpc) is 2.27. The Morgan fingerprint density at radius 2 is 1.94 bits per heavy atom. The van der Waals surface area contributed by atoms with E-state index in [2.05, 4.69) is 22.0 Å². The molecule has 18 heavy (non-hydrogen) atoms. The van der Waals surface area contributed by atoms with Crippen LogP contribution in [0, 0.1) is 0 Å². The van der Waals surface area contributed by atoms with Crippen LogP contribution in [0.15, 0.2) is 40.4 Å². The molecule has 0 fully saturated rings. The van der Waals surface area contributed by atoms with Crippen molar-refractivity contribution in [2.24, 2.45) is 0 Å². The maximum Gasteiger partial charge on any atom is 0.108 e. The van der Waals surface area contributed by atoms with Crippen molar-refractivity contribution in [2.45, 2.75) is 51.0 Å². The molecule has 0 amide bonds. The Balaban J connectivity index is 2.28. The van der Waals surface area contributed by atoms with E-state index in [1.807, 2.05) is 31.2 Å². The zero-order chi connectivity index (χ0) is 13.0. The smallest absolute Gasteiger partial charge is 0.108 e. The molecule has 0 bridgehead atoms. The third-order valence-corrected chi connectivity index (χ3v) is 4.30. The highest BCUT2D eigenvalue weighted by Crippen LogP contribution is 2.35. The average molecular weight is 309 g/mol. The molecule has 0 spiro atoms. The molecule has 0 saturated heterocycles. The molecule has 1 N–H and O–H groups in total. The fourth-order valence-corrected chi connectivity index (χ4v) is 3.01. The summed E-state index contributed by atoms with van der Waals surface area (Å²) in [5, 5.41) is 10.9. The molecule has 0 aliphatic heterocycles. The summed E-state index contributed by atoms with van der Waals surface area (Å²) in [5.41, 5.74) is 1.32. The van der Waals surface area contributed by atoms with E-state index in [-0.39, 0.29) is 0 Å². The fourth-order valence-electron chi connectivity index (χ4n) is 2.61. The highest BCUT2D eigenvalue weighted by molar-refractivity contribution is 9.10. The van der Waals surface area contributed by atoms with E-state index in [4.69, 9.17) is 0 Å². The summed E-state index contributed by atoms with van der Waals surface area (Å²) in [6.45, 7) is 1.92. The lowest BCUT2D eigenvalue weighted by molar-refractivity contribution is 0.0922. The van der Waals surface area contributed by atoms with Crippen molar-refractivity contribution in [3.05, 3.63) is 46.0 Å². The summed E-state index contributed by atoms with van der Waals surface area (Å²) in [6, 6.07) is 7.99. The van der Waals surface area contributed by atoms with Crippen molar-refractivity contribution >= 4 is 15.9 Å². The molecule has 0 radical (unpaired) electrons. The number of rotatable bonds is 2. The molecular weight excluding hydrogens is 288 g/mol. The molecule has 1 nitrogen and oxygen atoms in total. The number of aliphatic hydroxyl groups is 1. The summed E-state index contributed by atoms with van der Waals surface area (Å²) in [6.07, 6.45) is 9.40. The molecule has 1 aliphatic carbocycles. The van der Waals surface area contributed by atoms with Crippen molar-refractivity contribution in [2.75, 3.05) is 0 Å². The molecule has 0 heterocycles. The van der Waals surface area contributed by atoms with E-state index in [1.165, 1.54) is 31.3 Å². The normalized spacial score (nSPS) is 23.4. The Morgan fingerprint density at radius 1 is 1.17 bits per heavy atom. The van der Waals surface area contributed by atoms with Gasteiger partial charge in [0.05, 0.1) is 0 Å². The van der Waals surface area contributed by atoms with Crippen molar-refractivity contribution in [3.8, 4) is 0 Å². The second-order valence-corrected chi connectivity index (χ2v) is 6.18. The first-order chi connectivity index (χ1) is 8.60. The van der Waals surface area contributed by atoms with Crippen LogP contribution in [0.5, 0.6) is 0 Å². The lowest BCUT2D eigenvalue weighted by atomic mass is 9.83. The van der Waals surface area contributed by atoms with Gasteiger partial charge in [0.1, 0.15) is 5.60 Å². The highest BCUT2D eigenvalue weighted by atomic mass is 79.9. The molecule has 1 aliphatic rings. The molecule has 1 unspecified atom stereocenters. The summed E-state index contributed by atoms with van der Waals surface area (Å²) >= 11 is 3.48. The molecular formula is C16H21BrO. The van der Waals surface area contributed by atoms with Gasteiger partial charge >= 0.3 is 0 Å². The standard InChI is InChI=1S/C16H21BrO/c1-16(18,14-10-7-11-15(17)12-14)13-8-5-3-2-4-6-9-13/h7-8,10-12,18H,2-6,9H2,1H3/b13-8+. The van der Waals surface area contributed by atoms with Crippen LogP contribution in [0.4, 0.5) is 0 Å². The predicted molar refractivity (Wildman–Crippen MR) is 79.5 cm³/mol. The largest absolute Gasteiger partial charge is 0.381 e. The van der Waals surface area contributed by atoms with E-state index in [9.17, 15) is 5.11 Å². The highest BCUT2D eigenvalue weighted by Gasteiger charge is 2.27. The summed E-state index contributed by atoms with van der Waals surface area (Å²) in [4.78, 5) is 0. The Kier molecular flexibility index (Phi) is 4.63. The second-order valence-electron chi connectivity index (χ2n) is 5.26. The van der Waals surface area contributed by atoms with E-state index in [0.717, 1.165) is 22.9 Å². The number of benzene rings is 1. The van der Waals surface area contributed by atoms with Crippen LogP contribution >= 0.6 is 15.9 Å². The molecule has 98 valence electrons. The van der Waals surface area contributed by atoms with Crippen molar-refractivity contribution < 1.29 is 5.11 Å². The Labute approximate surface area is 118 Å². The van der Waals surface area contributed by atoms with Gasteiger partial charge < -0.3 is 5.11 Å². The topological polar surface area (TPSA) is 20.2 Å². The third-order valence-electron chi connectivity index (χ3n) is 3.80. The quantitative estimate of drug-likeness (QED) is 0.767. The number of halogens is 1. The van der Waals surface area contributed by atoms with Crippen LogP contribution in [0.1, 0.15) is 51.0 Å². The number of hydrogen-bond donors (Lipinski definition) is 1. The van der Waals surface area contributed by atoms with Crippen LogP contribution in [0.25, 0.3) is 0 Å². The van der Waals surface area contributed by atoms with Crippen LogP contribution in [0.3, 0.4) is 0 Å². The van der Waals surface area contributed by atoms with E-state index < -0.39 is 5.60 Å². The minimum absolute atomic E-state index is 0.832. The van der Waals surface area contributed by atoms with Gasteiger partial charge in [-0.3, -0.25) is 0 Å². The Hall–Kier alpha value is -0.600. The van der Waals surface area contributed by atoms with Gasteiger partial charge in [0.15, 0.2) is 0 Å². The zero-order valence-corrected chi connectivity index (χ0v) is 12.5.